The first-order valence-electron chi connectivity index (χ1n) is 7.95. The summed E-state index contributed by atoms with van der Waals surface area (Å²) in [5.41, 5.74) is 0.0522. The molecule has 1 heterocycles. The zero-order valence-corrected chi connectivity index (χ0v) is 16.6. The van der Waals surface area contributed by atoms with Gasteiger partial charge in [-0.05, 0) is 31.2 Å². The molecule has 1 unspecified atom stereocenters. The van der Waals surface area contributed by atoms with Crippen LogP contribution >= 0.6 is 34.8 Å². The molecular formula is C19H12Cl3NO5. The normalized spacial score (nSPS) is 11.9. The van der Waals surface area contributed by atoms with Crippen molar-refractivity contribution in [3.05, 3.63) is 73.5 Å². The molecule has 0 aliphatic heterocycles. The highest BCUT2D eigenvalue weighted by Gasteiger charge is 2.22. The fraction of sp³-hybridized carbons (Fsp3) is 0.105. The van der Waals surface area contributed by atoms with E-state index < -0.39 is 23.4 Å². The molecule has 0 aliphatic carbocycles. The fourth-order valence-corrected chi connectivity index (χ4v) is 2.92. The number of carbonyl (C=O) groups excluding carboxylic acids is 2. The van der Waals surface area contributed by atoms with E-state index in [1.54, 1.807) is 24.3 Å². The molecule has 28 heavy (non-hydrogen) atoms. The molecule has 0 saturated carbocycles. The minimum absolute atomic E-state index is 0.168. The molecule has 0 saturated heterocycles. The second kappa shape index (κ2) is 8.22. The summed E-state index contributed by atoms with van der Waals surface area (Å²) in [6.07, 6.45) is -1.20. The predicted octanol–water partition coefficient (Wildman–Crippen LogP) is 4.94. The monoisotopic (exact) mass is 439 g/mol. The number of ether oxygens (including phenoxy) is 1. The highest BCUT2D eigenvalue weighted by molar-refractivity contribution is 6.44. The number of hydrogen-bond donors (Lipinski definition) is 1. The maximum Gasteiger partial charge on any atom is 0.375 e. The van der Waals surface area contributed by atoms with Gasteiger partial charge in [-0.3, -0.25) is 9.59 Å². The highest BCUT2D eigenvalue weighted by Crippen LogP contribution is 2.32. The lowest BCUT2D eigenvalue weighted by Crippen LogP contribution is -2.30. The lowest BCUT2D eigenvalue weighted by molar-refractivity contribution is -0.123. The maximum atomic E-state index is 12.3. The van der Waals surface area contributed by atoms with Gasteiger partial charge in [0.05, 0.1) is 26.1 Å². The number of nitrogens with one attached hydrogen (secondary N) is 1. The second-order valence-corrected chi connectivity index (χ2v) is 6.98. The zero-order valence-electron chi connectivity index (χ0n) is 14.3. The largest absolute Gasteiger partial charge is 0.449 e. The van der Waals surface area contributed by atoms with Crippen LogP contribution in [0, 0.1) is 0 Å². The molecule has 0 aliphatic rings. The van der Waals surface area contributed by atoms with E-state index >= 15 is 0 Å². The van der Waals surface area contributed by atoms with Gasteiger partial charge < -0.3 is 14.5 Å². The van der Waals surface area contributed by atoms with E-state index in [4.69, 9.17) is 44.0 Å². The average Bonchev–Trinajstić information content (AvgIpc) is 2.65. The number of halogens is 3. The average molecular weight is 441 g/mol. The first-order chi connectivity index (χ1) is 13.3. The minimum Gasteiger partial charge on any atom is -0.449 e. The number of amides is 1. The molecule has 1 atom stereocenters. The van der Waals surface area contributed by atoms with Gasteiger partial charge in [-0.2, -0.15) is 0 Å². The van der Waals surface area contributed by atoms with E-state index in [0.29, 0.717) is 5.39 Å². The van der Waals surface area contributed by atoms with Gasteiger partial charge in [0.25, 0.3) is 5.91 Å². The third kappa shape index (κ3) is 4.30. The standard InChI is InChI=1S/C19H12Cl3NO5/c1-9(18(25)23-14-7-12(21)11(20)6-13(14)22)27-19(26)17-8-15(24)10-4-2-3-5-16(10)28-17/h2-9H,1H3,(H,23,25). The van der Waals surface area contributed by atoms with Gasteiger partial charge in [-0.25, -0.2) is 4.79 Å². The van der Waals surface area contributed by atoms with Crippen LogP contribution in [-0.4, -0.2) is 18.0 Å². The summed E-state index contributed by atoms with van der Waals surface area (Å²) >= 11 is 17.8. The highest BCUT2D eigenvalue weighted by atomic mass is 35.5. The summed E-state index contributed by atoms with van der Waals surface area (Å²) in [5.74, 6) is -1.92. The Hall–Kier alpha value is -2.54. The molecule has 3 rings (SSSR count). The SMILES string of the molecule is CC(OC(=O)c1cc(=O)c2ccccc2o1)C(=O)Nc1cc(Cl)c(Cl)cc1Cl. The topological polar surface area (TPSA) is 85.6 Å². The third-order valence-corrected chi connectivity index (χ3v) is 4.79. The molecule has 6 nitrogen and oxygen atoms in total. The quantitative estimate of drug-likeness (QED) is 0.459. The zero-order chi connectivity index (χ0) is 20.4. The fourth-order valence-electron chi connectivity index (χ4n) is 2.33. The van der Waals surface area contributed by atoms with Crippen LogP contribution in [0.5, 0.6) is 0 Å². The number of hydrogen-bond acceptors (Lipinski definition) is 5. The Labute approximate surface area is 173 Å². The molecule has 3 aromatic rings. The number of rotatable bonds is 4. The Morgan fingerprint density at radius 1 is 1.04 bits per heavy atom. The number of benzene rings is 2. The molecule has 0 spiro atoms. The molecule has 144 valence electrons. The number of carbonyl (C=O) groups is 2. The van der Waals surface area contributed by atoms with Crippen LogP contribution in [0.25, 0.3) is 11.0 Å². The van der Waals surface area contributed by atoms with Crippen molar-refractivity contribution in [2.24, 2.45) is 0 Å². The van der Waals surface area contributed by atoms with E-state index in [1.807, 2.05) is 0 Å². The summed E-state index contributed by atoms with van der Waals surface area (Å²) in [4.78, 5) is 36.6. The molecule has 0 bridgehead atoms. The van der Waals surface area contributed by atoms with E-state index in [1.165, 1.54) is 19.1 Å². The number of esters is 1. The number of para-hydroxylation sites is 1. The van der Waals surface area contributed by atoms with Crippen LogP contribution in [0.2, 0.25) is 15.1 Å². The number of fused-ring (bicyclic) bond motifs is 1. The van der Waals surface area contributed by atoms with Crippen molar-refractivity contribution in [3.63, 3.8) is 0 Å². The second-order valence-electron chi connectivity index (χ2n) is 5.75. The Morgan fingerprint density at radius 3 is 2.46 bits per heavy atom. The first-order valence-corrected chi connectivity index (χ1v) is 9.09. The third-order valence-electron chi connectivity index (χ3n) is 3.76. The van der Waals surface area contributed by atoms with Crippen LogP contribution in [0.1, 0.15) is 17.5 Å². The van der Waals surface area contributed by atoms with Crippen LogP contribution < -0.4 is 10.7 Å². The van der Waals surface area contributed by atoms with Gasteiger partial charge in [0.2, 0.25) is 5.76 Å². The van der Waals surface area contributed by atoms with Crippen molar-refractivity contribution in [3.8, 4) is 0 Å². The number of anilines is 1. The molecule has 1 N–H and O–H groups in total. The van der Waals surface area contributed by atoms with Crippen LogP contribution in [0.15, 0.2) is 51.7 Å². The maximum absolute atomic E-state index is 12.3. The van der Waals surface area contributed by atoms with Gasteiger partial charge in [0.1, 0.15) is 5.58 Å². The van der Waals surface area contributed by atoms with E-state index in [9.17, 15) is 14.4 Å². The Bertz CT molecular complexity index is 1140. The summed E-state index contributed by atoms with van der Waals surface area (Å²) in [6, 6.07) is 10.2. The minimum atomic E-state index is -1.20. The van der Waals surface area contributed by atoms with Gasteiger partial charge in [-0.1, -0.05) is 46.9 Å². The van der Waals surface area contributed by atoms with Crippen LogP contribution in [-0.2, 0) is 9.53 Å². The van der Waals surface area contributed by atoms with Crippen molar-refractivity contribution in [1.82, 2.24) is 0 Å². The summed E-state index contributed by atoms with van der Waals surface area (Å²) in [5, 5.41) is 3.42. The van der Waals surface area contributed by atoms with Crippen LogP contribution in [0.4, 0.5) is 5.69 Å². The Kier molecular flexibility index (Phi) is 5.93. The summed E-state index contributed by atoms with van der Waals surface area (Å²) in [7, 11) is 0. The molecule has 1 aromatic heterocycles. The lowest BCUT2D eigenvalue weighted by Gasteiger charge is -2.14. The van der Waals surface area contributed by atoms with Crippen LogP contribution in [0.3, 0.4) is 0 Å². The smallest absolute Gasteiger partial charge is 0.375 e. The van der Waals surface area contributed by atoms with E-state index in [-0.39, 0.29) is 32.1 Å². The molecule has 9 heteroatoms. The van der Waals surface area contributed by atoms with E-state index in [0.717, 1.165) is 6.07 Å². The lowest BCUT2D eigenvalue weighted by atomic mass is 10.2. The van der Waals surface area contributed by atoms with Crippen molar-refractivity contribution >= 4 is 63.3 Å². The van der Waals surface area contributed by atoms with Gasteiger partial charge >= 0.3 is 5.97 Å². The molecule has 0 fully saturated rings. The Balaban J connectivity index is 1.74. The van der Waals surface area contributed by atoms with Gasteiger partial charge in [0, 0.05) is 6.07 Å². The molecule has 2 aromatic carbocycles. The summed E-state index contributed by atoms with van der Waals surface area (Å²) in [6.45, 7) is 1.36. The summed E-state index contributed by atoms with van der Waals surface area (Å²) < 4.78 is 10.5. The van der Waals surface area contributed by atoms with Crippen molar-refractivity contribution < 1.29 is 18.7 Å². The Morgan fingerprint density at radius 2 is 1.71 bits per heavy atom. The van der Waals surface area contributed by atoms with Crippen molar-refractivity contribution in [2.75, 3.05) is 5.32 Å². The molecular weight excluding hydrogens is 429 g/mol. The van der Waals surface area contributed by atoms with Crippen molar-refractivity contribution in [1.29, 1.82) is 0 Å². The predicted molar refractivity (Wildman–Crippen MR) is 107 cm³/mol. The van der Waals surface area contributed by atoms with Gasteiger partial charge in [0.15, 0.2) is 11.5 Å². The first kappa shape index (κ1) is 20.2. The van der Waals surface area contributed by atoms with E-state index in [2.05, 4.69) is 5.32 Å². The van der Waals surface area contributed by atoms with Crippen molar-refractivity contribution in [2.45, 2.75) is 13.0 Å². The molecule has 0 radical (unpaired) electrons. The van der Waals surface area contributed by atoms with Gasteiger partial charge in [-0.15, -0.1) is 0 Å². The molecule has 1 amide bonds.